The van der Waals surface area contributed by atoms with Crippen molar-refractivity contribution in [2.75, 3.05) is 19.0 Å². The summed E-state index contributed by atoms with van der Waals surface area (Å²) in [5.74, 6) is 0.938. The number of methoxy groups -OCH3 is 1. The monoisotopic (exact) mass is 473 g/mol. The number of nitro benzene ring substituents is 1. The van der Waals surface area contributed by atoms with E-state index in [1.807, 2.05) is 13.0 Å². The van der Waals surface area contributed by atoms with Crippen LogP contribution >= 0.6 is 0 Å². The number of nitriles is 1. The molecule has 0 spiro atoms. The van der Waals surface area contributed by atoms with Crippen molar-refractivity contribution in [1.29, 1.82) is 5.26 Å². The Bertz CT molecular complexity index is 1280. The van der Waals surface area contributed by atoms with Crippen molar-refractivity contribution in [3.63, 3.8) is 0 Å². The number of nitrogens with zero attached hydrogens (tertiary/aromatic N) is 2. The number of carbonyl (C=O) groups is 1. The van der Waals surface area contributed by atoms with Gasteiger partial charge in [0, 0.05) is 29.4 Å². The molecule has 9 heteroatoms. The number of anilines is 1. The summed E-state index contributed by atoms with van der Waals surface area (Å²) < 4.78 is 16.5. The Balaban J connectivity index is 1.82. The zero-order valence-corrected chi connectivity index (χ0v) is 19.2. The van der Waals surface area contributed by atoms with Crippen LogP contribution in [0.3, 0.4) is 0 Å². The van der Waals surface area contributed by atoms with Crippen LogP contribution in [0.4, 0.5) is 11.4 Å². The third-order valence-corrected chi connectivity index (χ3v) is 4.82. The van der Waals surface area contributed by atoms with E-state index in [0.717, 1.165) is 0 Å². The van der Waals surface area contributed by atoms with Gasteiger partial charge in [-0.2, -0.15) is 5.26 Å². The summed E-state index contributed by atoms with van der Waals surface area (Å²) in [7, 11) is 1.50. The van der Waals surface area contributed by atoms with E-state index in [1.54, 1.807) is 54.6 Å². The van der Waals surface area contributed by atoms with Crippen LogP contribution in [0.5, 0.6) is 17.2 Å². The van der Waals surface area contributed by atoms with E-state index in [9.17, 15) is 20.2 Å². The predicted octanol–water partition coefficient (Wildman–Crippen LogP) is 5.13. The Hall–Kier alpha value is -4.84. The molecular formula is C26H23N3O6. The zero-order chi connectivity index (χ0) is 25.2. The van der Waals surface area contributed by atoms with Gasteiger partial charge in [-0.1, -0.05) is 12.1 Å². The highest BCUT2D eigenvalue weighted by molar-refractivity contribution is 6.09. The minimum absolute atomic E-state index is 0.0376. The third kappa shape index (κ3) is 6.82. The number of ether oxygens (including phenoxy) is 3. The molecular weight excluding hydrogens is 450 g/mol. The average Bonchev–Trinajstić information content (AvgIpc) is 2.87. The molecule has 0 unspecified atom stereocenters. The fourth-order valence-electron chi connectivity index (χ4n) is 3.11. The van der Waals surface area contributed by atoms with Crippen LogP contribution in [0.25, 0.3) is 6.08 Å². The van der Waals surface area contributed by atoms with Crippen LogP contribution in [0.1, 0.15) is 18.1 Å². The molecule has 0 radical (unpaired) electrons. The number of amides is 1. The first-order valence-corrected chi connectivity index (χ1v) is 10.6. The Labute approximate surface area is 202 Å². The second kappa shape index (κ2) is 11.9. The molecule has 1 amide bonds. The first kappa shape index (κ1) is 24.8. The topological polar surface area (TPSA) is 124 Å². The SMILES string of the molecule is CCOc1ccc(NC(=O)/C(C#N)=C/c2ccc(OC)cc2OCc2cccc([N+](=O)[O-])c2)cc1. The maximum atomic E-state index is 12.7. The number of benzene rings is 3. The van der Waals surface area contributed by atoms with Gasteiger partial charge in [-0.15, -0.1) is 0 Å². The smallest absolute Gasteiger partial charge is 0.269 e. The highest BCUT2D eigenvalue weighted by Gasteiger charge is 2.13. The zero-order valence-electron chi connectivity index (χ0n) is 19.2. The van der Waals surface area contributed by atoms with Crippen molar-refractivity contribution in [3.05, 3.63) is 93.5 Å². The van der Waals surface area contributed by atoms with Crippen molar-refractivity contribution in [1.82, 2.24) is 0 Å². The molecule has 0 aliphatic rings. The molecule has 0 atom stereocenters. The van der Waals surface area contributed by atoms with Gasteiger partial charge in [0.25, 0.3) is 11.6 Å². The number of nitro groups is 1. The largest absolute Gasteiger partial charge is 0.497 e. The van der Waals surface area contributed by atoms with Gasteiger partial charge in [-0.3, -0.25) is 14.9 Å². The Morgan fingerprint density at radius 1 is 1.09 bits per heavy atom. The van der Waals surface area contributed by atoms with Crippen LogP contribution in [0.15, 0.2) is 72.3 Å². The minimum Gasteiger partial charge on any atom is -0.497 e. The maximum Gasteiger partial charge on any atom is 0.269 e. The summed E-state index contributed by atoms with van der Waals surface area (Å²) in [5.41, 5.74) is 1.38. The van der Waals surface area contributed by atoms with Crippen molar-refractivity contribution < 1.29 is 23.9 Å². The van der Waals surface area contributed by atoms with Crippen LogP contribution in [0, 0.1) is 21.4 Å². The number of nitrogens with one attached hydrogen (secondary N) is 1. The summed E-state index contributed by atoms with van der Waals surface area (Å²) in [6.07, 6.45) is 1.41. The van der Waals surface area contributed by atoms with Gasteiger partial charge in [0.05, 0.1) is 18.6 Å². The lowest BCUT2D eigenvalue weighted by Crippen LogP contribution is -2.13. The Morgan fingerprint density at radius 2 is 1.83 bits per heavy atom. The third-order valence-electron chi connectivity index (χ3n) is 4.82. The van der Waals surface area contributed by atoms with E-state index in [4.69, 9.17) is 14.2 Å². The molecule has 3 aromatic rings. The summed E-state index contributed by atoms with van der Waals surface area (Å²) >= 11 is 0. The van der Waals surface area contributed by atoms with E-state index in [2.05, 4.69) is 5.32 Å². The van der Waals surface area contributed by atoms with E-state index in [0.29, 0.717) is 40.7 Å². The minimum atomic E-state index is -0.586. The summed E-state index contributed by atoms with van der Waals surface area (Å²) in [6.45, 7) is 2.44. The predicted molar refractivity (Wildman–Crippen MR) is 130 cm³/mol. The van der Waals surface area contributed by atoms with Crippen LogP contribution < -0.4 is 19.5 Å². The standard InChI is InChI=1S/C26H23N3O6/c1-3-34-23-11-8-21(9-12-23)28-26(30)20(16-27)14-19-7-10-24(33-2)15-25(19)35-17-18-5-4-6-22(13-18)29(31)32/h4-15H,3,17H2,1-2H3,(H,28,30)/b20-14+. The fraction of sp³-hybridized carbons (Fsp3) is 0.154. The molecule has 0 aliphatic carbocycles. The average molecular weight is 473 g/mol. The molecule has 0 fully saturated rings. The van der Waals surface area contributed by atoms with E-state index < -0.39 is 10.8 Å². The summed E-state index contributed by atoms with van der Waals surface area (Å²) in [6, 6.07) is 19.7. The van der Waals surface area contributed by atoms with Crippen molar-refractivity contribution >= 4 is 23.4 Å². The molecule has 3 aromatic carbocycles. The van der Waals surface area contributed by atoms with Gasteiger partial charge in [-0.25, -0.2) is 0 Å². The molecule has 0 aliphatic heterocycles. The van der Waals surface area contributed by atoms with Gasteiger partial charge in [0.1, 0.15) is 35.5 Å². The number of hydrogen-bond donors (Lipinski definition) is 1. The van der Waals surface area contributed by atoms with Crippen molar-refractivity contribution in [2.24, 2.45) is 0 Å². The second-order valence-corrected chi connectivity index (χ2v) is 7.20. The molecule has 9 nitrogen and oxygen atoms in total. The molecule has 0 saturated heterocycles. The molecule has 0 aromatic heterocycles. The highest BCUT2D eigenvalue weighted by Crippen LogP contribution is 2.28. The van der Waals surface area contributed by atoms with E-state index in [1.165, 1.54) is 25.3 Å². The van der Waals surface area contributed by atoms with Gasteiger partial charge in [-0.05, 0) is 55.0 Å². The van der Waals surface area contributed by atoms with Gasteiger partial charge >= 0.3 is 0 Å². The molecule has 1 N–H and O–H groups in total. The van der Waals surface area contributed by atoms with Crippen molar-refractivity contribution in [3.8, 4) is 23.3 Å². The van der Waals surface area contributed by atoms with E-state index >= 15 is 0 Å². The molecule has 3 rings (SSSR count). The first-order valence-electron chi connectivity index (χ1n) is 10.6. The van der Waals surface area contributed by atoms with E-state index in [-0.39, 0.29) is 17.9 Å². The highest BCUT2D eigenvalue weighted by atomic mass is 16.6. The van der Waals surface area contributed by atoms with Gasteiger partial charge in [0.15, 0.2) is 0 Å². The summed E-state index contributed by atoms with van der Waals surface area (Å²) in [5, 5.41) is 23.3. The number of carbonyl (C=O) groups excluding carboxylic acids is 1. The lowest BCUT2D eigenvalue weighted by molar-refractivity contribution is -0.384. The molecule has 0 bridgehead atoms. The number of rotatable bonds is 10. The summed E-state index contributed by atoms with van der Waals surface area (Å²) in [4.78, 5) is 23.3. The lowest BCUT2D eigenvalue weighted by atomic mass is 10.1. The maximum absolute atomic E-state index is 12.7. The molecule has 35 heavy (non-hydrogen) atoms. The van der Waals surface area contributed by atoms with Gasteiger partial charge < -0.3 is 19.5 Å². The molecule has 0 saturated carbocycles. The fourth-order valence-corrected chi connectivity index (χ4v) is 3.11. The first-order chi connectivity index (χ1) is 16.9. The Morgan fingerprint density at radius 3 is 2.49 bits per heavy atom. The quantitative estimate of drug-likeness (QED) is 0.187. The number of hydrogen-bond acceptors (Lipinski definition) is 7. The van der Waals surface area contributed by atoms with Gasteiger partial charge in [0.2, 0.25) is 0 Å². The van der Waals surface area contributed by atoms with Crippen molar-refractivity contribution in [2.45, 2.75) is 13.5 Å². The van der Waals surface area contributed by atoms with Crippen LogP contribution in [0.2, 0.25) is 0 Å². The normalized spacial score (nSPS) is 10.7. The lowest BCUT2D eigenvalue weighted by Gasteiger charge is -2.12. The molecule has 178 valence electrons. The Kier molecular flexibility index (Phi) is 8.40. The van der Waals surface area contributed by atoms with Crippen LogP contribution in [-0.4, -0.2) is 24.5 Å². The molecule has 0 heterocycles. The number of non-ortho nitro benzene ring substituents is 1. The van der Waals surface area contributed by atoms with Crippen LogP contribution in [-0.2, 0) is 11.4 Å². The second-order valence-electron chi connectivity index (χ2n) is 7.20.